The second-order valence-electron chi connectivity index (χ2n) is 8.37. The Morgan fingerprint density at radius 2 is 1.72 bits per heavy atom. The highest BCUT2D eigenvalue weighted by Gasteiger charge is 2.35. The molecule has 0 spiro atoms. The summed E-state index contributed by atoms with van der Waals surface area (Å²) in [6.07, 6.45) is 3.96. The molecule has 9 heteroatoms. The SMILES string of the molecule is Cc1cccc(NC(=O)C2CC(=O)N(c3ccc(S(=O)(=O)N4CCCCCC4)cc3)C2)n1. The number of amides is 2. The average Bonchev–Trinajstić information content (AvgIpc) is 2.97. The summed E-state index contributed by atoms with van der Waals surface area (Å²) < 4.78 is 27.5. The molecule has 2 aromatic rings. The number of carbonyl (C=O) groups excluding carboxylic acids is 2. The molecule has 1 N–H and O–H groups in total. The summed E-state index contributed by atoms with van der Waals surface area (Å²) in [5, 5.41) is 2.77. The highest BCUT2D eigenvalue weighted by molar-refractivity contribution is 7.89. The highest BCUT2D eigenvalue weighted by Crippen LogP contribution is 2.28. The molecule has 2 aliphatic rings. The van der Waals surface area contributed by atoms with Crippen LogP contribution in [0.25, 0.3) is 0 Å². The van der Waals surface area contributed by atoms with E-state index in [4.69, 9.17) is 0 Å². The Morgan fingerprint density at radius 3 is 2.38 bits per heavy atom. The molecule has 0 saturated carbocycles. The van der Waals surface area contributed by atoms with Crippen LogP contribution in [0.5, 0.6) is 0 Å². The van der Waals surface area contributed by atoms with Gasteiger partial charge in [0, 0.05) is 37.4 Å². The molecule has 1 aromatic heterocycles. The number of rotatable bonds is 5. The highest BCUT2D eigenvalue weighted by atomic mass is 32.2. The van der Waals surface area contributed by atoms with Crippen molar-refractivity contribution in [2.24, 2.45) is 5.92 Å². The van der Waals surface area contributed by atoms with Crippen molar-refractivity contribution in [3.63, 3.8) is 0 Å². The molecule has 1 unspecified atom stereocenters. The second-order valence-corrected chi connectivity index (χ2v) is 10.3. The first kappa shape index (κ1) is 22.4. The number of nitrogens with one attached hydrogen (secondary N) is 1. The molecule has 0 bridgehead atoms. The van der Waals surface area contributed by atoms with Gasteiger partial charge in [0.05, 0.1) is 10.8 Å². The Balaban J connectivity index is 1.43. The van der Waals surface area contributed by atoms with Crippen LogP contribution in [0.2, 0.25) is 0 Å². The van der Waals surface area contributed by atoms with E-state index in [0.717, 1.165) is 31.4 Å². The minimum atomic E-state index is -3.54. The van der Waals surface area contributed by atoms with Gasteiger partial charge in [0.2, 0.25) is 21.8 Å². The predicted molar refractivity (Wildman–Crippen MR) is 122 cm³/mol. The number of sulfonamides is 1. The Kier molecular flexibility index (Phi) is 6.57. The summed E-state index contributed by atoms with van der Waals surface area (Å²) in [6.45, 7) is 3.17. The van der Waals surface area contributed by atoms with Crippen LogP contribution in [-0.4, -0.2) is 49.2 Å². The van der Waals surface area contributed by atoms with Crippen LogP contribution in [0.3, 0.4) is 0 Å². The lowest BCUT2D eigenvalue weighted by molar-refractivity contribution is -0.122. The lowest BCUT2D eigenvalue weighted by Gasteiger charge is -2.21. The molecule has 4 rings (SSSR count). The molecule has 1 atom stereocenters. The molecule has 2 fully saturated rings. The van der Waals surface area contributed by atoms with Gasteiger partial charge in [0.1, 0.15) is 5.82 Å². The quantitative estimate of drug-likeness (QED) is 0.746. The van der Waals surface area contributed by atoms with Gasteiger partial charge < -0.3 is 10.2 Å². The van der Waals surface area contributed by atoms with Crippen LogP contribution < -0.4 is 10.2 Å². The fourth-order valence-electron chi connectivity index (χ4n) is 4.20. The molecule has 170 valence electrons. The molecule has 8 nitrogen and oxygen atoms in total. The summed E-state index contributed by atoms with van der Waals surface area (Å²) in [5.74, 6) is -0.445. The van der Waals surface area contributed by atoms with Crippen molar-refractivity contribution < 1.29 is 18.0 Å². The Bertz CT molecular complexity index is 1090. The maximum absolute atomic E-state index is 13.0. The average molecular weight is 457 g/mol. The van der Waals surface area contributed by atoms with E-state index < -0.39 is 15.9 Å². The molecule has 0 aliphatic carbocycles. The number of nitrogens with zero attached hydrogens (tertiary/aromatic N) is 3. The summed E-state index contributed by atoms with van der Waals surface area (Å²) in [6, 6.07) is 11.7. The fourth-order valence-corrected chi connectivity index (χ4v) is 5.72. The Morgan fingerprint density at radius 1 is 1.03 bits per heavy atom. The number of aromatic nitrogens is 1. The van der Waals surface area contributed by atoms with Crippen molar-refractivity contribution in [3.05, 3.63) is 48.2 Å². The number of hydrogen-bond donors (Lipinski definition) is 1. The summed E-state index contributed by atoms with van der Waals surface area (Å²) in [5.41, 5.74) is 1.39. The van der Waals surface area contributed by atoms with E-state index in [-0.39, 0.29) is 29.7 Å². The first-order chi connectivity index (χ1) is 15.3. The van der Waals surface area contributed by atoms with Gasteiger partial charge in [-0.1, -0.05) is 18.9 Å². The van der Waals surface area contributed by atoms with Crippen LogP contribution >= 0.6 is 0 Å². The minimum absolute atomic E-state index is 0.103. The number of pyridine rings is 1. The monoisotopic (exact) mass is 456 g/mol. The first-order valence-corrected chi connectivity index (χ1v) is 12.4. The first-order valence-electron chi connectivity index (χ1n) is 11.0. The van der Waals surface area contributed by atoms with Crippen LogP contribution in [0, 0.1) is 12.8 Å². The smallest absolute Gasteiger partial charge is 0.243 e. The molecule has 0 radical (unpaired) electrons. The van der Waals surface area contributed by atoms with Crippen molar-refractivity contribution in [1.82, 2.24) is 9.29 Å². The van der Waals surface area contributed by atoms with E-state index in [2.05, 4.69) is 10.3 Å². The third kappa shape index (κ3) is 4.83. The molecule has 32 heavy (non-hydrogen) atoms. The van der Waals surface area contributed by atoms with E-state index in [1.54, 1.807) is 34.6 Å². The Hall–Kier alpha value is -2.78. The van der Waals surface area contributed by atoms with Crippen LogP contribution in [0.4, 0.5) is 11.5 Å². The van der Waals surface area contributed by atoms with E-state index in [1.165, 1.54) is 4.90 Å². The van der Waals surface area contributed by atoms with Gasteiger partial charge in [-0.25, -0.2) is 13.4 Å². The topological polar surface area (TPSA) is 99.7 Å². The van der Waals surface area contributed by atoms with Crippen LogP contribution in [0.1, 0.15) is 37.8 Å². The van der Waals surface area contributed by atoms with E-state index >= 15 is 0 Å². The number of benzene rings is 1. The molecule has 3 heterocycles. The fraction of sp³-hybridized carbons (Fsp3) is 0.435. The van der Waals surface area contributed by atoms with Crippen molar-refractivity contribution >= 4 is 33.3 Å². The molecule has 1 aromatic carbocycles. The molecule has 2 amide bonds. The molecule has 2 saturated heterocycles. The number of aryl methyl sites for hydroxylation is 1. The van der Waals surface area contributed by atoms with Gasteiger partial charge in [-0.05, 0) is 56.2 Å². The van der Waals surface area contributed by atoms with Gasteiger partial charge in [-0.3, -0.25) is 9.59 Å². The zero-order chi connectivity index (χ0) is 22.7. The zero-order valence-electron chi connectivity index (χ0n) is 18.2. The van der Waals surface area contributed by atoms with Gasteiger partial charge in [0.25, 0.3) is 0 Å². The van der Waals surface area contributed by atoms with Crippen molar-refractivity contribution in [2.75, 3.05) is 29.9 Å². The van der Waals surface area contributed by atoms with E-state index in [0.29, 0.717) is 24.6 Å². The lowest BCUT2D eigenvalue weighted by atomic mass is 10.1. The Labute approximate surface area is 188 Å². The second kappa shape index (κ2) is 9.38. The van der Waals surface area contributed by atoms with Crippen LogP contribution in [-0.2, 0) is 19.6 Å². The summed E-state index contributed by atoms with van der Waals surface area (Å²) >= 11 is 0. The van der Waals surface area contributed by atoms with Crippen LogP contribution in [0.15, 0.2) is 47.4 Å². The zero-order valence-corrected chi connectivity index (χ0v) is 19.0. The van der Waals surface area contributed by atoms with Crippen molar-refractivity contribution in [2.45, 2.75) is 43.9 Å². The van der Waals surface area contributed by atoms with Gasteiger partial charge in [-0.15, -0.1) is 0 Å². The minimum Gasteiger partial charge on any atom is -0.312 e. The normalized spacial score (nSPS) is 20.2. The third-order valence-corrected chi connectivity index (χ3v) is 7.90. The molecule has 2 aliphatic heterocycles. The van der Waals surface area contributed by atoms with Crippen molar-refractivity contribution in [1.29, 1.82) is 0 Å². The number of anilines is 2. The van der Waals surface area contributed by atoms with E-state index in [9.17, 15) is 18.0 Å². The number of carbonyl (C=O) groups is 2. The van der Waals surface area contributed by atoms with Crippen molar-refractivity contribution in [3.8, 4) is 0 Å². The third-order valence-electron chi connectivity index (χ3n) is 5.99. The maximum atomic E-state index is 13.0. The summed E-state index contributed by atoms with van der Waals surface area (Å²) in [7, 11) is -3.54. The molecular formula is C23H28N4O4S. The lowest BCUT2D eigenvalue weighted by Crippen LogP contribution is -2.32. The standard InChI is InChI=1S/C23H28N4O4S/c1-17-7-6-8-21(24-17)25-23(29)18-15-22(28)27(16-18)19-9-11-20(12-10-19)32(30,31)26-13-4-2-3-5-14-26/h6-12,18H,2-5,13-16H2,1H3,(H,24,25,29). The maximum Gasteiger partial charge on any atom is 0.243 e. The van der Waals surface area contributed by atoms with E-state index in [1.807, 2.05) is 19.1 Å². The van der Waals surface area contributed by atoms with Gasteiger partial charge >= 0.3 is 0 Å². The molecular weight excluding hydrogens is 428 g/mol. The number of hydrogen-bond acceptors (Lipinski definition) is 5. The van der Waals surface area contributed by atoms with Gasteiger partial charge in [0.15, 0.2) is 0 Å². The predicted octanol–water partition coefficient (Wildman–Crippen LogP) is 2.95. The van der Waals surface area contributed by atoms with Gasteiger partial charge in [-0.2, -0.15) is 4.31 Å². The largest absolute Gasteiger partial charge is 0.312 e. The summed E-state index contributed by atoms with van der Waals surface area (Å²) in [4.78, 5) is 31.2.